The van der Waals surface area contributed by atoms with Gasteiger partial charge in [0.2, 0.25) is 0 Å². The minimum atomic E-state index is -0.398. The number of amides is 1. The largest absolute Gasteiger partial charge is 0.462 e. The molecule has 1 saturated heterocycles. The van der Waals surface area contributed by atoms with E-state index in [-0.39, 0.29) is 11.9 Å². The number of hydrogen-bond acceptors (Lipinski definition) is 5. The van der Waals surface area contributed by atoms with Crippen LogP contribution in [-0.4, -0.2) is 31.2 Å². The second-order valence-corrected chi connectivity index (χ2v) is 7.44. The SMILES string of the molecule is CCOC(=O)c1c(NC(=O)[C@H]2CCCO2)sc2c1CCCCCC2. The van der Waals surface area contributed by atoms with Gasteiger partial charge in [0.05, 0.1) is 12.2 Å². The molecule has 0 saturated carbocycles. The molecule has 0 unspecified atom stereocenters. The Morgan fingerprint density at radius 2 is 2.00 bits per heavy atom. The van der Waals surface area contributed by atoms with E-state index in [1.165, 1.54) is 29.1 Å². The first-order valence-electron chi connectivity index (χ1n) is 8.94. The number of carbonyl (C=O) groups is 2. The van der Waals surface area contributed by atoms with Gasteiger partial charge in [-0.25, -0.2) is 4.79 Å². The Kier molecular flexibility index (Phi) is 5.89. The van der Waals surface area contributed by atoms with E-state index in [0.717, 1.165) is 44.1 Å². The van der Waals surface area contributed by atoms with Crippen LogP contribution in [0.15, 0.2) is 0 Å². The Bertz CT molecular complexity index is 604. The van der Waals surface area contributed by atoms with Gasteiger partial charge >= 0.3 is 5.97 Å². The van der Waals surface area contributed by atoms with Crippen LogP contribution in [0.5, 0.6) is 0 Å². The maximum Gasteiger partial charge on any atom is 0.341 e. The number of nitrogens with one attached hydrogen (secondary N) is 1. The van der Waals surface area contributed by atoms with Crippen LogP contribution in [0.4, 0.5) is 5.00 Å². The first-order chi connectivity index (χ1) is 11.7. The molecule has 24 heavy (non-hydrogen) atoms. The molecule has 2 aliphatic rings. The summed E-state index contributed by atoms with van der Waals surface area (Å²) >= 11 is 1.54. The van der Waals surface area contributed by atoms with Gasteiger partial charge in [-0.1, -0.05) is 12.8 Å². The standard InChI is InChI=1S/C18H25NO4S/c1-2-22-18(21)15-12-8-5-3-4-6-10-14(12)24-17(15)19-16(20)13-9-7-11-23-13/h13H,2-11H2,1H3,(H,19,20)/t13-/m1/s1. The molecule has 5 nitrogen and oxygen atoms in total. The zero-order valence-electron chi connectivity index (χ0n) is 14.2. The van der Waals surface area contributed by atoms with Crippen molar-refractivity contribution in [3.63, 3.8) is 0 Å². The molecule has 0 aromatic carbocycles. The van der Waals surface area contributed by atoms with Crippen LogP contribution in [0.25, 0.3) is 0 Å². The predicted octanol–water partition coefficient (Wildman–Crippen LogP) is 3.70. The van der Waals surface area contributed by atoms with Crippen molar-refractivity contribution < 1.29 is 19.1 Å². The Balaban J connectivity index is 1.89. The fraction of sp³-hybridized carbons (Fsp3) is 0.667. The summed E-state index contributed by atoms with van der Waals surface area (Å²) in [5.41, 5.74) is 1.66. The summed E-state index contributed by atoms with van der Waals surface area (Å²) in [6, 6.07) is 0. The zero-order chi connectivity index (χ0) is 16.9. The highest BCUT2D eigenvalue weighted by molar-refractivity contribution is 7.17. The fourth-order valence-corrected chi connectivity index (χ4v) is 4.68. The average molecular weight is 351 g/mol. The van der Waals surface area contributed by atoms with Gasteiger partial charge in [-0.2, -0.15) is 0 Å². The third-order valence-electron chi connectivity index (χ3n) is 4.61. The van der Waals surface area contributed by atoms with Gasteiger partial charge in [0.15, 0.2) is 0 Å². The number of rotatable bonds is 4. The highest BCUT2D eigenvalue weighted by Crippen LogP contribution is 2.38. The summed E-state index contributed by atoms with van der Waals surface area (Å²) in [4.78, 5) is 26.1. The lowest BCUT2D eigenvalue weighted by molar-refractivity contribution is -0.124. The van der Waals surface area contributed by atoms with Crippen molar-refractivity contribution in [2.75, 3.05) is 18.5 Å². The first kappa shape index (κ1) is 17.4. The van der Waals surface area contributed by atoms with Crippen LogP contribution in [0.2, 0.25) is 0 Å². The van der Waals surface area contributed by atoms with Gasteiger partial charge in [0.1, 0.15) is 11.1 Å². The van der Waals surface area contributed by atoms with E-state index in [1.807, 2.05) is 0 Å². The molecule has 0 bridgehead atoms. The molecule has 1 fully saturated rings. The van der Waals surface area contributed by atoms with Crippen molar-refractivity contribution in [3.05, 3.63) is 16.0 Å². The van der Waals surface area contributed by atoms with Crippen LogP contribution in [-0.2, 0) is 27.1 Å². The number of thiophene rings is 1. The Hall–Kier alpha value is -1.40. The molecule has 0 radical (unpaired) electrons. The maximum atomic E-state index is 12.5. The van der Waals surface area contributed by atoms with Crippen molar-refractivity contribution in [3.8, 4) is 0 Å². The molecule has 0 spiro atoms. The molecule has 1 aliphatic heterocycles. The number of fused-ring (bicyclic) bond motifs is 1. The topological polar surface area (TPSA) is 64.6 Å². The summed E-state index contributed by atoms with van der Waals surface area (Å²) < 4.78 is 10.7. The summed E-state index contributed by atoms with van der Waals surface area (Å²) in [6.07, 6.45) is 7.74. The number of ether oxygens (including phenoxy) is 2. The second-order valence-electron chi connectivity index (χ2n) is 6.33. The van der Waals surface area contributed by atoms with Gasteiger partial charge in [-0.3, -0.25) is 4.79 Å². The minimum Gasteiger partial charge on any atom is -0.462 e. The van der Waals surface area contributed by atoms with E-state index in [2.05, 4.69) is 5.32 Å². The van der Waals surface area contributed by atoms with Crippen molar-refractivity contribution in [1.82, 2.24) is 0 Å². The number of esters is 1. The third-order valence-corrected chi connectivity index (χ3v) is 5.82. The molecule has 3 rings (SSSR count). The molecule has 1 N–H and O–H groups in total. The van der Waals surface area contributed by atoms with Gasteiger partial charge in [0, 0.05) is 11.5 Å². The van der Waals surface area contributed by atoms with Crippen molar-refractivity contribution >= 4 is 28.2 Å². The molecule has 2 heterocycles. The fourth-order valence-electron chi connectivity index (χ4n) is 3.40. The van der Waals surface area contributed by atoms with E-state index in [4.69, 9.17) is 9.47 Å². The van der Waals surface area contributed by atoms with Crippen LogP contribution in [0.1, 0.15) is 66.2 Å². The molecule has 1 atom stereocenters. The normalized spacial score (nSPS) is 20.8. The predicted molar refractivity (Wildman–Crippen MR) is 93.8 cm³/mol. The van der Waals surface area contributed by atoms with E-state index in [0.29, 0.717) is 23.8 Å². The number of aryl methyl sites for hydroxylation is 1. The smallest absolute Gasteiger partial charge is 0.341 e. The highest BCUT2D eigenvalue weighted by Gasteiger charge is 2.29. The lowest BCUT2D eigenvalue weighted by Crippen LogP contribution is -2.27. The minimum absolute atomic E-state index is 0.146. The molecular weight excluding hydrogens is 326 g/mol. The van der Waals surface area contributed by atoms with Gasteiger partial charge < -0.3 is 14.8 Å². The summed E-state index contributed by atoms with van der Waals surface area (Å²) in [7, 11) is 0. The van der Waals surface area contributed by atoms with Crippen LogP contribution in [0, 0.1) is 0 Å². The highest BCUT2D eigenvalue weighted by atomic mass is 32.1. The molecule has 1 amide bonds. The molecule has 6 heteroatoms. The van der Waals surface area contributed by atoms with Gasteiger partial charge in [-0.15, -0.1) is 11.3 Å². The van der Waals surface area contributed by atoms with E-state index in [1.54, 1.807) is 6.92 Å². The lowest BCUT2D eigenvalue weighted by atomic mass is 9.96. The molecule has 1 aromatic rings. The summed E-state index contributed by atoms with van der Waals surface area (Å²) in [6.45, 7) is 2.77. The second kappa shape index (κ2) is 8.12. The van der Waals surface area contributed by atoms with Crippen LogP contribution in [0.3, 0.4) is 0 Å². The molecule has 132 valence electrons. The summed E-state index contributed by atoms with van der Waals surface area (Å²) in [5, 5.41) is 3.58. The monoisotopic (exact) mass is 351 g/mol. The lowest BCUT2D eigenvalue weighted by Gasteiger charge is -2.12. The van der Waals surface area contributed by atoms with Crippen molar-refractivity contribution in [2.45, 2.75) is 64.4 Å². The molecular formula is C18H25NO4S. The number of hydrogen-bond donors (Lipinski definition) is 1. The van der Waals surface area contributed by atoms with E-state index >= 15 is 0 Å². The average Bonchev–Trinajstić information content (AvgIpc) is 3.16. The first-order valence-corrected chi connectivity index (χ1v) is 9.76. The van der Waals surface area contributed by atoms with Crippen LogP contribution < -0.4 is 5.32 Å². The zero-order valence-corrected chi connectivity index (χ0v) is 15.0. The van der Waals surface area contributed by atoms with Gasteiger partial charge in [0.25, 0.3) is 5.91 Å². The van der Waals surface area contributed by atoms with E-state index < -0.39 is 6.10 Å². The quantitative estimate of drug-likeness (QED) is 0.840. The summed E-state index contributed by atoms with van der Waals surface area (Å²) in [5.74, 6) is -0.467. The Labute approximate surface area is 146 Å². The van der Waals surface area contributed by atoms with Crippen molar-refractivity contribution in [2.24, 2.45) is 0 Å². The Morgan fingerprint density at radius 3 is 2.71 bits per heavy atom. The number of anilines is 1. The molecule has 1 aliphatic carbocycles. The molecule has 1 aromatic heterocycles. The van der Waals surface area contributed by atoms with E-state index in [9.17, 15) is 9.59 Å². The van der Waals surface area contributed by atoms with Crippen LogP contribution >= 0.6 is 11.3 Å². The van der Waals surface area contributed by atoms with Gasteiger partial charge in [-0.05, 0) is 51.0 Å². The van der Waals surface area contributed by atoms with Crippen molar-refractivity contribution in [1.29, 1.82) is 0 Å². The number of carbonyl (C=O) groups excluding carboxylic acids is 2. The Morgan fingerprint density at radius 1 is 1.21 bits per heavy atom. The third kappa shape index (κ3) is 3.81. The maximum absolute atomic E-state index is 12.5.